The Morgan fingerprint density at radius 2 is 1.03 bits per heavy atom. The van der Waals surface area contributed by atoms with Crippen molar-refractivity contribution in [3.05, 3.63) is 118 Å². The third-order valence-corrected chi connectivity index (χ3v) is 14.1. The van der Waals surface area contributed by atoms with Crippen LogP contribution < -0.4 is 25.3 Å². The van der Waals surface area contributed by atoms with Crippen LogP contribution >= 0.6 is 0 Å². The van der Waals surface area contributed by atoms with Crippen LogP contribution in [0.5, 0.6) is 40.2 Å². The van der Waals surface area contributed by atoms with Gasteiger partial charge in [0.25, 0.3) is 0 Å². The molecule has 0 amide bonds. The number of nitrogens with two attached hydrogens (primary N) is 1. The van der Waals surface area contributed by atoms with E-state index in [1.807, 2.05) is 48.5 Å². The number of carbonyl (C=O) groups excluding carboxylic acids is 2. The Bertz CT molecular complexity index is 2430. The number of benzene rings is 5. The van der Waals surface area contributed by atoms with Crippen molar-refractivity contribution in [2.75, 3.05) is 17.7 Å². The summed E-state index contributed by atoms with van der Waals surface area (Å²) in [6, 6.07) is 26.0. The van der Waals surface area contributed by atoms with Crippen molar-refractivity contribution in [1.82, 2.24) is 0 Å². The van der Waals surface area contributed by atoms with Crippen molar-refractivity contribution in [3.8, 4) is 40.2 Å². The van der Waals surface area contributed by atoms with Crippen LogP contribution in [0.15, 0.2) is 84.9 Å². The molecule has 3 aliphatic carbocycles. The minimum absolute atomic E-state index is 0.0177. The average Bonchev–Trinajstić information content (AvgIpc) is 3.32. The summed E-state index contributed by atoms with van der Waals surface area (Å²) in [7, 11) is 0. The molecule has 5 aromatic carbocycles. The van der Waals surface area contributed by atoms with Gasteiger partial charge in [0.05, 0.1) is 34.5 Å². The smallest absolute Gasteiger partial charge is 0.200 e. The second-order valence-corrected chi connectivity index (χ2v) is 18.7. The first-order chi connectivity index (χ1) is 31.6. The summed E-state index contributed by atoms with van der Waals surface area (Å²) in [4.78, 5) is 29.4. The summed E-state index contributed by atoms with van der Waals surface area (Å²) in [5, 5.41) is 27.0. The highest BCUT2D eigenvalue weighted by Gasteiger charge is 2.41. The lowest BCUT2D eigenvalue weighted by Gasteiger charge is -2.28. The Kier molecular flexibility index (Phi) is 14.7. The molecule has 0 aromatic heterocycles. The molecule has 0 saturated heterocycles. The first kappa shape index (κ1) is 45.6. The topological polar surface area (TPSA) is 140 Å². The highest BCUT2D eigenvalue weighted by Crippen LogP contribution is 2.50. The number of hydrogen-bond donors (Lipinski definition) is 4. The molecule has 0 spiro atoms. The largest absolute Gasteiger partial charge is 0.504 e. The van der Waals surface area contributed by atoms with E-state index in [2.05, 4.69) is 50.4 Å². The van der Waals surface area contributed by atoms with Crippen molar-refractivity contribution in [1.29, 1.82) is 0 Å². The highest BCUT2D eigenvalue weighted by molar-refractivity contribution is 6.34. The van der Waals surface area contributed by atoms with Gasteiger partial charge in [0.15, 0.2) is 23.0 Å². The van der Waals surface area contributed by atoms with Crippen LogP contribution in [0, 0.1) is 11.8 Å². The molecule has 65 heavy (non-hydrogen) atoms. The number of phenols is 2. The van der Waals surface area contributed by atoms with E-state index < -0.39 is 23.1 Å². The number of anilines is 3. The summed E-state index contributed by atoms with van der Waals surface area (Å²) in [5.74, 6) is 1.73. The first-order valence-corrected chi connectivity index (χ1v) is 24.4. The lowest BCUT2D eigenvalue weighted by Crippen LogP contribution is -2.24. The predicted molar refractivity (Wildman–Crippen MR) is 259 cm³/mol. The fraction of sp³-hybridized carbons (Fsp3) is 0.429. The van der Waals surface area contributed by atoms with Crippen molar-refractivity contribution < 1.29 is 34.0 Å². The molecule has 5 N–H and O–H groups in total. The fourth-order valence-corrected chi connectivity index (χ4v) is 10.5. The molecule has 2 saturated carbocycles. The van der Waals surface area contributed by atoms with Crippen LogP contribution in [0.25, 0.3) is 0 Å². The lowest BCUT2D eigenvalue weighted by atomic mass is 9.77. The molecule has 0 bridgehead atoms. The summed E-state index contributed by atoms with van der Waals surface area (Å²) >= 11 is 0. The zero-order chi connectivity index (χ0) is 45.5. The standard InChI is InChI=1S/C56H66N2O7/c1-4-7-8-9-32-63-42-30-24-41(25-31-42)58-46-34-48(65-44-28-22-40(23-29-44)38-18-14-36(11-6-3)15-19-38)54(60)52-50(46)56(62)51-49(55(52)61)45(57)33-47(53(51)59)64-43-26-20-39(21-27-43)37-16-12-35(10-5-2)13-17-37/h20-31,33-38,58-60H,4-19,32,57H2,1-3H3. The second kappa shape index (κ2) is 20.9. The van der Waals surface area contributed by atoms with Gasteiger partial charge in [-0.05, 0) is 141 Å². The average molecular weight is 879 g/mol. The molecule has 0 atom stereocenters. The normalized spacial score (nSPS) is 19.3. The molecule has 5 aromatic rings. The molecule has 2 fully saturated rings. The number of nitrogens with one attached hydrogen (secondary N) is 1. The van der Waals surface area contributed by atoms with Crippen molar-refractivity contribution >= 4 is 28.6 Å². The van der Waals surface area contributed by atoms with Crippen molar-refractivity contribution in [2.45, 2.75) is 135 Å². The third kappa shape index (κ3) is 10.3. The summed E-state index contributed by atoms with van der Waals surface area (Å²) < 4.78 is 18.5. The molecule has 8 rings (SSSR count). The van der Waals surface area contributed by atoms with Gasteiger partial charge in [0.1, 0.15) is 17.2 Å². The molecule has 9 nitrogen and oxygen atoms in total. The zero-order valence-corrected chi connectivity index (χ0v) is 38.4. The van der Waals surface area contributed by atoms with E-state index in [4.69, 9.17) is 19.9 Å². The van der Waals surface area contributed by atoms with Crippen molar-refractivity contribution in [3.63, 3.8) is 0 Å². The number of fused-ring (bicyclic) bond motifs is 2. The van der Waals surface area contributed by atoms with Crippen LogP contribution in [0.2, 0.25) is 0 Å². The van der Waals surface area contributed by atoms with Crippen LogP contribution in [-0.4, -0.2) is 28.4 Å². The van der Waals surface area contributed by atoms with Crippen LogP contribution in [-0.2, 0) is 0 Å². The number of phenolic OH excluding ortho intramolecular Hbond substituents is 2. The number of ketones is 2. The number of ether oxygens (including phenoxy) is 3. The number of aromatic hydroxyl groups is 2. The summed E-state index contributed by atoms with van der Waals surface area (Å²) in [6.45, 7) is 7.29. The Morgan fingerprint density at radius 3 is 1.54 bits per heavy atom. The molecule has 0 radical (unpaired) electrons. The lowest BCUT2D eigenvalue weighted by molar-refractivity contribution is 0.0974. The van der Waals surface area contributed by atoms with E-state index in [1.54, 1.807) is 0 Å². The minimum Gasteiger partial charge on any atom is -0.504 e. The van der Waals surface area contributed by atoms with Gasteiger partial charge < -0.3 is 35.5 Å². The minimum atomic E-state index is -0.723. The Labute approximate surface area is 384 Å². The van der Waals surface area contributed by atoms with E-state index in [0.717, 1.165) is 56.8 Å². The van der Waals surface area contributed by atoms with Gasteiger partial charge in [-0.3, -0.25) is 9.59 Å². The summed E-state index contributed by atoms with van der Waals surface area (Å²) in [6.07, 6.45) is 19.0. The molecule has 9 heteroatoms. The van der Waals surface area contributed by atoms with Crippen LogP contribution in [0.1, 0.15) is 178 Å². The molecule has 0 unspecified atom stereocenters. The van der Waals surface area contributed by atoms with E-state index >= 15 is 0 Å². The molecule has 342 valence electrons. The van der Waals surface area contributed by atoms with Gasteiger partial charge in [-0.1, -0.05) is 90.0 Å². The van der Waals surface area contributed by atoms with E-state index in [0.29, 0.717) is 41.4 Å². The van der Waals surface area contributed by atoms with Gasteiger partial charge in [0.2, 0.25) is 11.6 Å². The Hall–Kier alpha value is -5.96. The summed E-state index contributed by atoms with van der Waals surface area (Å²) in [5.41, 5.74) is 8.92. The fourth-order valence-electron chi connectivity index (χ4n) is 10.5. The van der Waals surface area contributed by atoms with E-state index in [9.17, 15) is 19.8 Å². The molecule has 0 heterocycles. The second-order valence-electron chi connectivity index (χ2n) is 18.7. The number of carbonyl (C=O) groups is 2. The molecular weight excluding hydrogens is 813 g/mol. The quantitative estimate of drug-likeness (QED) is 0.0377. The van der Waals surface area contributed by atoms with Crippen LogP contribution in [0.4, 0.5) is 17.1 Å². The van der Waals surface area contributed by atoms with E-state index in [-0.39, 0.29) is 45.1 Å². The number of hydrogen-bond acceptors (Lipinski definition) is 9. The van der Waals surface area contributed by atoms with Crippen LogP contribution in [0.3, 0.4) is 0 Å². The SMILES string of the molecule is CCCCCCOc1ccc(Nc2cc(Oc3ccc(C4CCC(CCC)CC4)cc3)c(O)c3c2C(=O)c2c(O)c(Oc4ccc(C5CCC(CCC)CC5)cc4)cc(N)c2C3=O)cc1. The molecule has 3 aliphatic rings. The molecule has 0 aliphatic heterocycles. The zero-order valence-electron chi connectivity index (χ0n) is 38.4. The Morgan fingerprint density at radius 1 is 0.554 bits per heavy atom. The predicted octanol–water partition coefficient (Wildman–Crippen LogP) is 14.9. The maximum atomic E-state index is 14.8. The third-order valence-electron chi connectivity index (χ3n) is 14.1. The maximum Gasteiger partial charge on any atom is 0.200 e. The first-order valence-electron chi connectivity index (χ1n) is 24.4. The number of unbranched alkanes of at least 4 members (excludes halogenated alkanes) is 3. The van der Waals surface area contributed by atoms with Gasteiger partial charge in [0, 0.05) is 23.5 Å². The maximum absolute atomic E-state index is 14.8. The van der Waals surface area contributed by atoms with Crippen molar-refractivity contribution in [2.24, 2.45) is 11.8 Å². The van der Waals surface area contributed by atoms with Gasteiger partial charge in [-0.25, -0.2) is 0 Å². The highest BCUT2D eigenvalue weighted by atomic mass is 16.5. The molecular formula is C56H66N2O7. The monoisotopic (exact) mass is 878 g/mol. The number of rotatable bonds is 18. The van der Waals surface area contributed by atoms with Gasteiger partial charge in [-0.2, -0.15) is 0 Å². The van der Waals surface area contributed by atoms with Gasteiger partial charge in [-0.15, -0.1) is 0 Å². The van der Waals surface area contributed by atoms with E-state index in [1.165, 1.54) is 81.0 Å². The van der Waals surface area contributed by atoms with Gasteiger partial charge >= 0.3 is 0 Å². The number of nitrogen functional groups attached to an aromatic ring is 1. The Balaban J connectivity index is 1.08.